The number of nitrogens with one attached hydrogen (secondary N) is 2. The Kier molecular flexibility index (Phi) is 5.65. The molecule has 1 amide bonds. The van der Waals surface area contributed by atoms with Gasteiger partial charge in [-0.25, -0.2) is 4.98 Å². The van der Waals surface area contributed by atoms with Crippen LogP contribution in [-0.4, -0.2) is 32.2 Å². The van der Waals surface area contributed by atoms with Crippen LogP contribution in [0.15, 0.2) is 29.2 Å². The lowest BCUT2D eigenvalue weighted by Crippen LogP contribution is -2.28. The van der Waals surface area contributed by atoms with Crippen LogP contribution in [-0.2, 0) is 6.54 Å². The zero-order valence-corrected chi connectivity index (χ0v) is 16.7. The van der Waals surface area contributed by atoms with Crippen LogP contribution in [0.5, 0.6) is 0 Å². The zero-order valence-electron chi connectivity index (χ0n) is 16.7. The number of pyridine rings is 2. The summed E-state index contributed by atoms with van der Waals surface area (Å²) in [6.07, 6.45) is 2.26. The van der Waals surface area contributed by atoms with Gasteiger partial charge in [0.15, 0.2) is 0 Å². The number of H-pyrrole nitrogens is 1. The molecule has 0 spiro atoms. The maximum atomic E-state index is 13.0. The lowest BCUT2D eigenvalue weighted by Gasteiger charge is -2.16. The standard InChI is InChI=1S/C21H26N4O3/c1-12-10-13(2)24-20(27)17(12)11-23-21(28)18-15(4)25(14(3)7-9-26)19-16(18)6-5-8-22-19/h5-6,8,10,14,26H,7,9,11H2,1-4H3,(H,23,28)(H,24,27). The van der Waals surface area contributed by atoms with Gasteiger partial charge in [-0.3, -0.25) is 9.59 Å². The summed E-state index contributed by atoms with van der Waals surface area (Å²) in [5.41, 5.74) is 4.06. The van der Waals surface area contributed by atoms with Crippen molar-refractivity contribution < 1.29 is 9.90 Å². The summed E-state index contributed by atoms with van der Waals surface area (Å²) in [5.74, 6) is -0.246. The lowest BCUT2D eigenvalue weighted by molar-refractivity contribution is 0.0951. The van der Waals surface area contributed by atoms with Gasteiger partial charge in [0.25, 0.3) is 11.5 Å². The van der Waals surface area contributed by atoms with Crippen LogP contribution in [0.1, 0.15) is 52.3 Å². The Balaban J connectivity index is 1.97. The molecule has 0 fully saturated rings. The first-order valence-electron chi connectivity index (χ1n) is 9.39. The van der Waals surface area contributed by atoms with E-state index in [1.54, 1.807) is 12.3 Å². The molecule has 3 N–H and O–H groups in total. The fraction of sp³-hybridized carbons (Fsp3) is 0.381. The van der Waals surface area contributed by atoms with E-state index in [0.717, 1.165) is 28.0 Å². The molecular weight excluding hydrogens is 356 g/mol. The number of aromatic amines is 1. The first kappa shape index (κ1) is 19.8. The SMILES string of the molecule is Cc1cc(C)c(CNC(=O)c2c(C)n(C(C)CCO)c3ncccc23)c(=O)[nH]1. The smallest absolute Gasteiger partial charge is 0.254 e. The van der Waals surface area contributed by atoms with Gasteiger partial charge in [-0.15, -0.1) is 0 Å². The summed E-state index contributed by atoms with van der Waals surface area (Å²) in [6.45, 7) is 7.78. The number of aliphatic hydroxyl groups excluding tert-OH is 1. The van der Waals surface area contributed by atoms with Gasteiger partial charge in [0, 0.05) is 47.7 Å². The van der Waals surface area contributed by atoms with Gasteiger partial charge >= 0.3 is 0 Å². The average Bonchev–Trinajstić information content (AvgIpc) is 2.92. The third kappa shape index (κ3) is 3.57. The number of fused-ring (bicyclic) bond motifs is 1. The minimum atomic E-state index is -0.246. The van der Waals surface area contributed by atoms with E-state index in [1.807, 2.05) is 44.4 Å². The number of carbonyl (C=O) groups excluding carboxylic acids is 1. The Bertz CT molecular complexity index is 1080. The van der Waals surface area contributed by atoms with E-state index in [-0.39, 0.29) is 30.7 Å². The minimum Gasteiger partial charge on any atom is -0.396 e. The third-order valence-electron chi connectivity index (χ3n) is 5.14. The Morgan fingerprint density at radius 3 is 2.79 bits per heavy atom. The van der Waals surface area contributed by atoms with E-state index < -0.39 is 0 Å². The molecule has 7 heteroatoms. The molecule has 148 valence electrons. The van der Waals surface area contributed by atoms with Crippen molar-refractivity contribution >= 4 is 16.9 Å². The van der Waals surface area contributed by atoms with Crippen LogP contribution in [0.25, 0.3) is 11.0 Å². The highest BCUT2D eigenvalue weighted by Crippen LogP contribution is 2.28. The van der Waals surface area contributed by atoms with Crippen LogP contribution < -0.4 is 10.9 Å². The van der Waals surface area contributed by atoms with Gasteiger partial charge in [0.2, 0.25) is 0 Å². The molecule has 3 aromatic rings. The molecule has 0 aliphatic carbocycles. The van der Waals surface area contributed by atoms with Crippen molar-refractivity contribution in [3.63, 3.8) is 0 Å². The topological polar surface area (TPSA) is 100 Å². The number of aryl methyl sites for hydroxylation is 2. The minimum absolute atomic E-state index is 0.00568. The lowest BCUT2D eigenvalue weighted by atomic mass is 10.1. The van der Waals surface area contributed by atoms with Gasteiger partial charge in [0.05, 0.1) is 5.56 Å². The molecule has 0 saturated carbocycles. The maximum Gasteiger partial charge on any atom is 0.254 e. The van der Waals surface area contributed by atoms with E-state index in [2.05, 4.69) is 15.3 Å². The number of nitrogens with zero attached hydrogens (tertiary/aromatic N) is 2. The van der Waals surface area contributed by atoms with Gasteiger partial charge in [-0.05, 0) is 57.9 Å². The van der Waals surface area contributed by atoms with Gasteiger partial charge in [-0.1, -0.05) is 0 Å². The van der Waals surface area contributed by atoms with Crippen molar-refractivity contribution in [2.75, 3.05) is 6.61 Å². The summed E-state index contributed by atoms with van der Waals surface area (Å²) in [5, 5.41) is 13.0. The molecule has 0 saturated heterocycles. The molecule has 0 radical (unpaired) electrons. The summed E-state index contributed by atoms with van der Waals surface area (Å²) in [4.78, 5) is 32.5. The summed E-state index contributed by atoms with van der Waals surface area (Å²) in [7, 11) is 0. The van der Waals surface area contributed by atoms with Crippen LogP contribution in [0.4, 0.5) is 0 Å². The van der Waals surface area contributed by atoms with E-state index in [4.69, 9.17) is 0 Å². The highest BCUT2D eigenvalue weighted by molar-refractivity contribution is 6.07. The first-order valence-corrected chi connectivity index (χ1v) is 9.39. The molecule has 1 unspecified atom stereocenters. The molecule has 0 aliphatic heterocycles. The summed E-state index contributed by atoms with van der Waals surface area (Å²) in [6, 6.07) is 5.57. The molecule has 28 heavy (non-hydrogen) atoms. The summed E-state index contributed by atoms with van der Waals surface area (Å²) >= 11 is 0. The van der Waals surface area contributed by atoms with Crippen molar-refractivity contribution in [1.82, 2.24) is 19.9 Å². The van der Waals surface area contributed by atoms with Crippen molar-refractivity contribution in [3.05, 3.63) is 62.8 Å². The second-order valence-electron chi connectivity index (χ2n) is 7.19. The van der Waals surface area contributed by atoms with Crippen molar-refractivity contribution in [1.29, 1.82) is 0 Å². The molecule has 7 nitrogen and oxygen atoms in total. The van der Waals surface area contributed by atoms with Crippen LogP contribution in [0.3, 0.4) is 0 Å². The fourth-order valence-corrected chi connectivity index (χ4v) is 3.76. The molecule has 0 aliphatic rings. The van der Waals surface area contributed by atoms with Gasteiger partial charge in [0.1, 0.15) is 5.65 Å². The van der Waals surface area contributed by atoms with Gasteiger partial charge in [-0.2, -0.15) is 0 Å². The molecular formula is C21H26N4O3. The largest absolute Gasteiger partial charge is 0.396 e. The Labute approximate surface area is 163 Å². The number of aromatic nitrogens is 3. The van der Waals surface area contributed by atoms with Crippen molar-refractivity contribution in [2.24, 2.45) is 0 Å². The number of hydrogen-bond donors (Lipinski definition) is 3. The van der Waals surface area contributed by atoms with E-state index >= 15 is 0 Å². The highest BCUT2D eigenvalue weighted by Gasteiger charge is 2.23. The monoisotopic (exact) mass is 382 g/mol. The van der Waals surface area contributed by atoms with Crippen molar-refractivity contribution in [2.45, 2.75) is 46.7 Å². The number of rotatable bonds is 6. The number of amides is 1. The Morgan fingerprint density at radius 1 is 1.36 bits per heavy atom. The van der Waals surface area contributed by atoms with Crippen LogP contribution >= 0.6 is 0 Å². The number of carbonyl (C=O) groups is 1. The number of aliphatic hydroxyl groups is 1. The number of hydrogen-bond acceptors (Lipinski definition) is 4. The van der Waals surface area contributed by atoms with E-state index in [9.17, 15) is 14.7 Å². The third-order valence-corrected chi connectivity index (χ3v) is 5.14. The first-order chi connectivity index (χ1) is 13.3. The Hall–Kier alpha value is -2.93. The maximum absolute atomic E-state index is 13.0. The normalized spacial score (nSPS) is 12.3. The highest BCUT2D eigenvalue weighted by atomic mass is 16.3. The molecule has 0 bridgehead atoms. The second kappa shape index (κ2) is 7.98. The van der Waals surface area contributed by atoms with Crippen LogP contribution in [0.2, 0.25) is 0 Å². The summed E-state index contributed by atoms with van der Waals surface area (Å²) < 4.78 is 1.99. The molecule has 3 heterocycles. The fourth-order valence-electron chi connectivity index (χ4n) is 3.76. The predicted molar refractivity (Wildman–Crippen MR) is 109 cm³/mol. The molecule has 3 aromatic heterocycles. The van der Waals surface area contributed by atoms with Gasteiger partial charge < -0.3 is 20.0 Å². The molecule has 0 aromatic carbocycles. The quantitative estimate of drug-likeness (QED) is 0.610. The average molecular weight is 382 g/mol. The second-order valence-corrected chi connectivity index (χ2v) is 7.19. The predicted octanol–water partition coefficient (Wildman–Crippen LogP) is 2.52. The Morgan fingerprint density at radius 2 is 2.11 bits per heavy atom. The van der Waals surface area contributed by atoms with E-state index in [1.165, 1.54) is 0 Å². The molecule has 1 atom stereocenters. The molecule has 3 rings (SSSR count). The van der Waals surface area contributed by atoms with Crippen LogP contribution in [0, 0.1) is 20.8 Å². The van der Waals surface area contributed by atoms with E-state index in [0.29, 0.717) is 17.5 Å². The zero-order chi connectivity index (χ0) is 20.4. The van der Waals surface area contributed by atoms with Crippen molar-refractivity contribution in [3.8, 4) is 0 Å².